The van der Waals surface area contributed by atoms with Gasteiger partial charge in [-0.15, -0.1) is 0 Å². The van der Waals surface area contributed by atoms with Crippen molar-refractivity contribution in [1.29, 1.82) is 0 Å². The second kappa shape index (κ2) is 4.50. The highest BCUT2D eigenvalue weighted by Crippen LogP contribution is 2.45. The average Bonchev–Trinajstić information content (AvgIpc) is 2.36. The zero-order valence-corrected chi connectivity index (χ0v) is 12.5. The molecule has 0 aliphatic carbocycles. The standard InChI is InChI=1S/C14H10Cl3NO2/c15-14(16,17)13(18)7-10(19)12-9-4-2-1-3-8(9)5-6-11(12)20-13/h1-6H,7,18H2. The molecule has 0 saturated carbocycles. The maximum Gasteiger partial charge on any atom is 0.243 e. The van der Waals surface area contributed by atoms with Crippen molar-refractivity contribution in [2.24, 2.45) is 5.73 Å². The number of Topliss-reactive ketones (excluding diaryl/α,β-unsaturated/α-hetero) is 1. The van der Waals surface area contributed by atoms with Gasteiger partial charge in [0.2, 0.25) is 9.52 Å². The summed E-state index contributed by atoms with van der Waals surface area (Å²) in [6, 6.07) is 11.0. The van der Waals surface area contributed by atoms with Gasteiger partial charge >= 0.3 is 0 Å². The van der Waals surface area contributed by atoms with Crippen molar-refractivity contribution in [3.63, 3.8) is 0 Å². The fourth-order valence-electron chi connectivity index (χ4n) is 2.34. The maximum absolute atomic E-state index is 12.4. The van der Waals surface area contributed by atoms with Crippen LogP contribution in [0.25, 0.3) is 10.8 Å². The van der Waals surface area contributed by atoms with Crippen LogP contribution in [-0.4, -0.2) is 15.3 Å². The third kappa shape index (κ3) is 2.06. The molecule has 0 fully saturated rings. The summed E-state index contributed by atoms with van der Waals surface area (Å²) in [5.41, 5.74) is 4.77. The topological polar surface area (TPSA) is 52.3 Å². The summed E-state index contributed by atoms with van der Waals surface area (Å²) >= 11 is 17.5. The molecule has 1 unspecified atom stereocenters. The molecule has 0 saturated heterocycles. The fraction of sp³-hybridized carbons (Fsp3) is 0.214. The molecule has 0 bridgehead atoms. The van der Waals surface area contributed by atoms with Crippen molar-refractivity contribution in [3.8, 4) is 5.75 Å². The van der Waals surface area contributed by atoms with E-state index in [2.05, 4.69) is 0 Å². The van der Waals surface area contributed by atoms with Gasteiger partial charge in [-0.25, -0.2) is 0 Å². The highest BCUT2D eigenvalue weighted by Gasteiger charge is 2.52. The summed E-state index contributed by atoms with van der Waals surface area (Å²) in [5, 5.41) is 1.75. The average molecular weight is 331 g/mol. The van der Waals surface area contributed by atoms with E-state index < -0.39 is 9.52 Å². The maximum atomic E-state index is 12.4. The minimum absolute atomic E-state index is 0.190. The van der Waals surface area contributed by atoms with E-state index in [1.807, 2.05) is 30.3 Å². The van der Waals surface area contributed by atoms with Gasteiger partial charge in [0.1, 0.15) is 5.75 Å². The molecule has 3 nitrogen and oxygen atoms in total. The number of nitrogens with two attached hydrogens (primary N) is 1. The first-order valence-electron chi connectivity index (χ1n) is 5.91. The molecule has 104 valence electrons. The summed E-state index contributed by atoms with van der Waals surface area (Å²) in [6.45, 7) is 0. The second-order valence-corrected chi connectivity index (χ2v) is 7.03. The first kappa shape index (κ1) is 14.0. The molecule has 20 heavy (non-hydrogen) atoms. The van der Waals surface area contributed by atoms with Gasteiger partial charge in [0.05, 0.1) is 12.0 Å². The number of alkyl halides is 3. The van der Waals surface area contributed by atoms with Gasteiger partial charge in [-0.2, -0.15) is 0 Å². The molecule has 0 aromatic heterocycles. The molecule has 0 radical (unpaired) electrons. The SMILES string of the molecule is NC1(C(Cl)(Cl)Cl)CC(=O)c2c(ccc3ccccc23)O1. The molecule has 3 rings (SSSR count). The Kier molecular flexibility index (Phi) is 3.14. The van der Waals surface area contributed by atoms with Crippen LogP contribution < -0.4 is 10.5 Å². The molecule has 2 aromatic rings. The highest BCUT2D eigenvalue weighted by atomic mass is 35.6. The molecule has 6 heteroatoms. The van der Waals surface area contributed by atoms with Crippen LogP contribution in [0.2, 0.25) is 0 Å². The van der Waals surface area contributed by atoms with Gasteiger partial charge in [0.25, 0.3) is 0 Å². The molecular formula is C14H10Cl3NO2. The highest BCUT2D eigenvalue weighted by molar-refractivity contribution is 6.68. The lowest BCUT2D eigenvalue weighted by Gasteiger charge is -2.39. The Labute approximate surface area is 130 Å². The number of hydrogen-bond donors (Lipinski definition) is 1. The normalized spacial score (nSPS) is 22.5. The second-order valence-electron chi connectivity index (χ2n) is 4.75. The predicted molar refractivity (Wildman–Crippen MR) is 80.7 cm³/mol. The van der Waals surface area contributed by atoms with Crippen molar-refractivity contribution in [2.45, 2.75) is 15.9 Å². The number of fused-ring (bicyclic) bond motifs is 3. The molecule has 1 atom stereocenters. The number of benzene rings is 2. The number of carbonyl (C=O) groups is 1. The lowest BCUT2D eigenvalue weighted by molar-refractivity contribution is 0.0473. The third-order valence-electron chi connectivity index (χ3n) is 3.36. The number of ketones is 1. The third-order valence-corrected chi connectivity index (χ3v) is 4.32. The molecule has 1 aliphatic rings. The van der Waals surface area contributed by atoms with Gasteiger partial charge in [0.15, 0.2) is 5.78 Å². The molecular weight excluding hydrogens is 321 g/mol. The van der Waals surface area contributed by atoms with Crippen LogP contribution >= 0.6 is 34.8 Å². The van der Waals surface area contributed by atoms with Crippen LogP contribution in [-0.2, 0) is 0 Å². The summed E-state index contributed by atoms with van der Waals surface area (Å²) in [5.74, 6) is 0.144. The summed E-state index contributed by atoms with van der Waals surface area (Å²) in [7, 11) is 0. The number of ether oxygens (including phenoxy) is 1. The lowest BCUT2D eigenvalue weighted by Crippen LogP contribution is -2.59. The largest absolute Gasteiger partial charge is 0.467 e. The van der Waals surface area contributed by atoms with Crippen LogP contribution in [0.3, 0.4) is 0 Å². The zero-order valence-electron chi connectivity index (χ0n) is 10.2. The Morgan fingerprint density at radius 2 is 1.85 bits per heavy atom. The molecule has 2 N–H and O–H groups in total. The Morgan fingerprint density at radius 1 is 1.15 bits per heavy atom. The Hall–Kier alpha value is -1.00. The smallest absolute Gasteiger partial charge is 0.243 e. The molecule has 2 aromatic carbocycles. The van der Waals surface area contributed by atoms with E-state index in [9.17, 15) is 4.79 Å². The Morgan fingerprint density at radius 3 is 2.55 bits per heavy atom. The van der Waals surface area contributed by atoms with Gasteiger partial charge in [0, 0.05) is 0 Å². The van der Waals surface area contributed by atoms with Gasteiger partial charge < -0.3 is 4.74 Å². The number of rotatable bonds is 0. The number of hydrogen-bond acceptors (Lipinski definition) is 3. The van der Waals surface area contributed by atoms with Gasteiger partial charge in [-0.3, -0.25) is 10.5 Å². The minimum Gasteiger partial charge on any atom is -0.467 e. The van der Waals surface area contributed by atoms with Crippen molar-refractivity contribution in [2.75, 3.05) is 0 Å². The fourth-order valence-corrected chi connectivity index (χ4v) is 2.66. The van der Waals surface area contributed by atoms with Crippen LogP contribution in [0.5, 0.6) is 5.75 Å². The molecule has 0 amide bonds. The zero-order chi connectivity index (χ0) is 14.5. The van der Waals surface area contributed by atoms with Crippen molar-refractivity contribution in [3.05, 3.63) is 42.0 Å². The quantitative estimate of drug-likeness (QED) is 0.747. The summed E-state index contributed by atoms with van der Waals surface area (Å²) in [6.07, 6.45) is -0.190. The van der Waals surface area contributed by atoms with Crippen molar-refractivity contribution in [1.82, 2.24) is 0 Å². The lowest BCUT2D eigenvalue weighted by atomic mass is 9.93. The van der Waals surface area contributed by atoms with Gasteiger partial charge in [-0.05, 0) is 16.8 Å². The van der Waals surface area contributed by atoms with E-state index in [1.165, 1.54) is 0 Å². The van der Waals surface area contributed by atoms with Crippen molar-refractivity contribution >= 4 is 51.4 Å². The number of halogens is 3. The number of carbonyl (C=O) groups excluding carboxylic acids is 1. The predicted octanol–water partition coefficient (Wildman–Crippen LogP) is 3.83. The van der Waals surface area contributed by atoms with E-state index >= 15 is 0 Å². The van der Waals surface area contributed by atoms with Crippen LogP contribution in [0.4, 0.5) is 0 Å². The molecule has 1 heterocycles. The minimum atomic E-state index is -1.90. The van der Waals surface area contributed by atoms with Crippen LogP contribution in [0.15, 0.2) is 36.4 Å². The summed E-state index contributed by atoms with van der Waals surface area (Å²) < 4.78 is 3.73. The first-order valence-corrected chi connectivity index (χ1v) is 7.05. The van der Waals surface area contributed by atoms with E-state index in [-0.39, 0.29) is 12.2 Å². The Balaban J connectivity index is 2.20. The molecule has 0 spiro atoms. The van der Waals surface area contributed by atoms with Gasteiger partial charge in [-0.1, -0.05) is 65.1 Å². The van der Waals surface area contributed by atoms with Crippen LogP contribution in [0, 0.1) is 0 Å². The van der Waals surface area contributed by atoms with Crippen LogP contribution in [0.1, 0.15) is 16.8 Å². The first-order chi connectivity index (χ1) is 9.32. The van der Waals surface area contributed by atoms with Crippen molar-refractivity contribution < 1.29 is 9.53 Å². The molecule has 1 aliphatic heterocycles. The Bertz CT molecular complexity index is 711. The summed E-state index contributed by atoms with van der Waals surface area (Å²) in [4.78, 5) is 12.4. The van der Waals surface area contributed by atoms with E-state index in [0.29, 0.717) is 11.3 Å². The van der Waals surface area contributed by atoms with E-state index in [1.54, 1.807) is 6.07 Å². The van der Waals surface area contributed by atoms with E-state index in [4.69, 9.17) is 45.3 Å². The monoisotopic (exact) mass is 329 g/mol. The van der Waals surface area contributed by atoms with E-state index in [0.717, 1.165) is 10.8 Å².